The first-order valence-corrected chi connectivity index (χ1v) is 6.66. The largest absolute Gasteiger partial charge is 0.224 e. The quantitative estimate of drug-likeness (QED) is 0.771. The lowest BCUT2D eigenvalue weighted by atomic mass is 10.4. The van der Waals surface area contributed by atoms with Gasteiger partial charge in [0.05, 0.1) is 16.0 Å². The number of sulfone groups is 1. The molecule has 0 unspecified atom stereocenters. The molecular weight excluding hydrogens is 243 g/mol. The van der Waals surface area contributed by atoms with Gasteiger partial charge in [-0.2, -0.15) is 0 Å². The van der Waals surface area contributed by atoms with Crippen molar-refractivity contribution in [3.8, 4) is 0 Å². The van der Waals surface area contributed by atoms with Crippen LogP contribution in [-0.2, 0) is 9.84 Å². The van der Waals surface area contributed by atoms with Crippen molar-refractivity contribution in [3.05, 3.63) is 30.3 Å². The number of halogens is 2. The maximum absolute atomic E-state index is 11.7. The van der Waals surface area contributed by atoms with E-state index in [-0.39, 0.29) is 16.5 Å². The van der Waals surface area contributed by atoms with Gasteiger partial charge in [-0.25, -0.2) is 8.42 Å². The second kappa shape index (κ2) is 5.01. The van der Waals surface area contributed by atoms with Crippen LogP contribution in [0, 0.1) is 0 Å². The summed E-state index contributed by atoms with van der Waals surface area (Å²) in [6.45, 7) is 0. The van der Waals surface area contributed by atoms with Crippen LogP contribution in [0.15, 0.2) is 35.2 Å². The maximum Gasteiger partial charge on any atom is 0.179 e. The molecule has 1 rings (SSSR count). The summed E-state index contributed by atoms with van der Waals surface area (Å²) >= 11 is 11.1. The number of rotatable bonds is 4. The minimum atomic E-state index is -3.29. The Morgan fingerprint density at radius 2 is 1.79 bits per heavy atom. The lowest BCUT2D eigenvalue weighted by molar-refractivity contribution is 0.595. The molecule has 0 saturated carbocycles. The van der Waals surface area contributed by atoms with Crippen molar-refractivity contribution in [2.24, 2.45) is 0 Å². The second-order valence-corrected chi connectivity index (χ2v) is 5.81. The SMILES string of the molecule is O=S(=O)(C[C@@H](Cl)CCl)c1ccccc1. The smallest absolute Gasteiger partial charge is 0.179 e. The first kappa shape index (κ1) is 11.8. The molecule has 0 heterocycles. The van der Waals surface area contributed by atoms with E-state index in [0.717, 1.165) is 0 Å². The molecule has 14 heavy (non-hydrogen) atoms. The second-order valence-electron chi connectivity index (χ2n) is 2.85. The van der Waals surface area contributed by atoms with E-state index in [1.807, 2.05) is 0 Å². The third-order valence-electron chi connectivity index (χ3n) is 1.67. The van der Waals surface area contributed by atoms with Gasteiger partial charge < -0.3 is 0 Å². The van der Waals surface area contributed by atoms with E-state index in [9.17, 15) is 8.42 Å². The van der Waals surface area contributed by atoms with Crippen molar-refractivity contribution < 1.29 is 8.42 Å². The van der Waals surface area contributed by atoms with Gasteiger partial charge in [0, 0.05) is 5.88 Å². The third-order valence-corrected chi connectivity index (χ3v) is 4.52. The van der Waals surface area contributed by atoms with Crippen molar-refractivity contribution in [2.45, 2.75) is 10.3 Å². The Morgan fingerprint density at radius 3 is 2.29 bits per heavy atom. The van der Waals surface area contributed by atoms with Crippen LogP contribution in [0.5, 0.6) is 0 Å². The lowest BCUT2D eigenvalue weighted by Gasteiger charge is -2.06. The minimum absolute atomic E-state index is 0.123. The number of hydrogen-bond acceptors (Lipinski definition) is 2. The molecule has 1 atom stereocenters. The molecule has 0 aromatic heterocycles. The van der Waals surface area contributed by atoms with Crippen LogP contribution < -0.4 is 0 Å². The fraction of sp³-hybridized carbons (Fsp3) is 0.333. The molecule has 0 fully saturated rings. The first-order chi connectivity index (χ1) is 6.56. The van der Waals surface area contributed by atoms with Crippen LogP contribution >= 0.6 is 23.2 Å². The molecule has 1 aromatic carbocycles. The normalized spacial score (nSPS) is 13.9. The molecule has 0 radical (unpaired) electrons. The standard InChI is InChI=1S/C9H10Cl2O2S/c10-6-8(11)7-14(12,13)9-4-2-1-3-5-9/h1-5,8H,6-7H2/t8-/m0/s1. The highest BCUT2D eigenvalue weighted by atomic mass is 35.5. The number of alkyl halides is 2. The fourth-order valence-electron chi connectivity index (χ4n) is 1.01. The van der Waals surface area contributed by atoms with Crippen molar-refractivity contribution >= 4 is 33.0 Å². The molecule has 0 amide bonds. The number of benzene rings is 1. The molecule has 0 bridgehead atoms. The molecule has 0 aliphatic rings. The Kier molecular flexibility index (Phi) is 4.23. The topological polar surface area (TPSA) is 34.1 Å². The molecule has 0 saturated heterocycles. The molecule has 0 aliphatic heterocycles. The Hall–Kier alpha value is -0.250. The van der Waals surface area contributed by atoms with Gasteiger partial charge >= 0.3 is 0 Å². The Bertz CT molecular complexity index is 375. The van der Waals surface area contributed by atoms with Crippen molar-refractivity contribution in [1.82, 2.24) is 0 Å². The Balaban J connectivity index is 2.87. The predicted molar refractivity (Wildman–Crippen MR) is 58.9 cm³/mol. The zero-order valence-corrected chi connectivity index (χ0v) is 9.69. The van der Waals surface area contributed by atoms with Crippen LogP contribution in [0.25, 0.3) is 0 Å². The van der Waals surface area contributed by atoms with E-state index in [4.69, 9.17) is 23.2 Å². The molecule has 2 nitrogen and oxygen atoms in total. The summed E-state index contributed by atoms with van der Waals surface area (Å²) in [5.74, 6) is 0.00961. The van der Waals surface area contributed by atoms with Gasteiger partial charge in [-0.05, 0) is 12.1 Å². The van der Waals surface area contributed by atoms with Gasteiger partial charge in [0.15, 0.2) is 9.84 Å². The summed E-state index contributed by atoms with van der Waals surface area (Å²) in [6, 6.07) is 8.22. The Labute approximate surface area is 93.8 Å². The predicted octanol–water partition coefficient (Wildman–Crippen LogP) is 2.31. The van der Waals surface area contributed by atoms with Crippen LogP contribution in [-0.4, -0.2) is 25.4 Å². The summed E-state index contributed by atoms with van der Waals surface area (Å²) in [6.07, 6.45) is 0. The third kappa shape index (κ3) is 3.15. The van der Waals surface area contributed by atoms with Gasteiger partial charge in [-0.15, -0.1) is 23.2 Å². The molecule has 0 spiro atoms. The highest BCUT2D eigenvalue weighted by Crippen LogP contribution is 2.13. The Morgan fingerprint density at radius 1 is 1.21 bits per heavy atom. The summed E-state index contributed by atoms with van der Waals surface area (Å²) in [5.41, 5.74) is 0. The first-order valence-electron chi connectivity index (χ1n) is 4.04. The van der Waals surface area contributed by atoms with Crippen LogP contribution in [0.2, 0.25) is 0 Å². The van der Waals surface area contributed by atoms with Gasteiger partial charge in [0.2, 0.25) is 0 Å². The molecule has 0 N–H and O–H groups in total. The maximum atomic E-state index is 11.7. The van der Waals surface area contributed by atoms with Gasteiger partial charge in [-0.3, -0.25) is 0 Å². The van der Waals surface area contributed by atoms with E-state index >= 15 is 0 Å². The van der Waals surface area contributed by atoms with E-state index in [0.29, 0.717) is 0 Å². The van der Waals surface area contributed by atoms with Crippen molar-refractivity contribution in [3.63, 3.8) is 0 Å². The van der Waals surface area contributed by atoms with Crippen molar-refractivity contribution in [1.29, 1.82) is 0 Å². The van der Waals surface area contributed by atoms with Crippen molar-refractivity contribution in [2.75, 3.05) is 11.6 Å². The summed E-state index contributed by atoms with van der Waals surface area (Å²) < 4.78 is 23.3. The van der Waals surface area contributed by atoms with E-state index < -0.39 is 15.2 Å². The summed E-state index contributed by atoms with van der Waals surface area (Å²) in [7, 11) is -3.29. The molecule has 1 aromatic rings. The number of hydrogen-bond donors (Lipinski definition) is 0. The van der Waals surface area contributed by atoms with Crippen LogP contribution in [0.3, 0.4) is 0 Å². The molecule has 0 aliphatic carbocycles. The average Bonchev–Trinajstić information content (AvgIpc) is 2.18. The van der Waals surface area contributed by atoms with Crippen LogP contribution in [0.1, 0.15) is 0 Å². The highest BCUT2D eigenvalue weighted by Gasteiger charge is 2.18. The summed E-state index contributed by atoms with van der Waals surface area (Å²) in [4.78, 5) is 0.288. The van der Waals surface area contributed by atoms with E-state index in [2.05, 4.69) is 0 Å². The average molecular weight is 253 g/mol. The molecule has 78 valence electrons. The van der Waals surface area contributed by atoms with Gasteiger partial charge in [0.1, 0.15) is 0 Å². The minimum Gasteiger partial charge on any atom is -0.224 e. The van der Waals surface area contributed by atoms with Crippen LogP contribution in [0.4, 0.5) is 0 Å². The summed E-state index contributed by atoms with van der Waals surface area (Å²) in [5, 5.41) is -0.540. The molecular formula is C9H10Cl2O2S. The fourth-order valence-corrected chi connectivity index (χ4v) is 3.10. The monoisotopic (exact) mass is 252 g/mol. The van der Waals surface area contributed by atoms with Gasteiger partial charge in [0.25, 0.3) is 0 Å². The van der Waals surface area contributed by atoms with Gasteiger partial charge in [-0.1, -0.05) is 18.2 Å². The zero-order chi connectivity index (χ0) is 10.6. The highest BCUT2D eigenvalue weighted by molar-refractivity contribution is 7.91. The van der Waals surface area contributed by atoms with E-state index in [1.54, 1.807) is 30.3 Å². The lowest BCUT2D eigenvalue weighted by Crippen LogP contribution is -2.17. The molecule has 5 heteroatoms. The van der Waals surface area contributed by atoms with E-state index in [1.165, 1.54) is 0 Å². The zero-order valence-electron chi connectivity index (χ0n) is 7.36.